The second kappa shape index (κ2) is 7.42. The van der Waals surface area contributed by atoms with Crippen molar-refractivity contribution in [2.45, 2.75) is 65.2 Å². The second-order valence-corrected chi connectivity index (χ2v) is 6.55. The molecule has 0 saturated heterocycles. The molecule has 0 bridgehead atoms. The molecule has 0 radical (unpaired) electrons. The van der Waals surface area contributed by atoms with Crippen LogP contribution in [-0.2, 0) is 0 Å². The summed E-state index contributed by atoms with van der Waals surface area (Å²) in [6.07, 6.45) is 3.99. The van der Waals surface area contributed by atoms with Gasteiger partial charge in [0.25, 0.3) is 0 Å². The van der Waals surface area contributed by atoms with Gasteiger partial charge >= 0.3 is 0 Å². The molecule has 1 nitrogen and oxygen atoms in total. The highest BCUT2D eigenvalue weighted by Gasteiger charge is 2.35. The van der Waals surface area contributed by atoms with Crippen molar-refractivity contribution in [3.05, 3.63) is 0 Å². The van der Waals surface area contributed by atoms with Crippen LogP contribution in [0.25, 0.3) is 0 Å². The van der Waals surface area contributed by atoms with E-state index in [0.29, 0.717) is 18.3 Å². The number of rotatable bonds is 7. The molecule has 1 N–H and O–H groups in total. The molecule has 0 amide bonds. The Hall–Kier alpha value is -0.180. The standard InChI is InChI=1S/C15H29F2N/c1-12(2)10-18-11-13(3)6-7-14-5-4-8-15(16,17)9-14/h12-14,18H,4-11H2,1-3H3. The fraction of sp³-hybridized carbons (Fsp3) is 1.00. The average molecular weight is 261 g/mol. The minimum absolute atomic E-state index is 0.106. The molecule has 0 spiro atoms. The van der Waals surface area contributed by atoms with E-state index >= 15 is 0 Å². The second-order valence-electron chi connectivity index (χ2n) is 6.55. The maximum Gasteiger partial charge on any atom is 0.248 e. The Labute approximate surface area is 111 Å². The summed E-state index contributed by atoms with van der Waals surface area (Å²) in [4.78, 5) is 0. The largest absolute Gasteiger partial charge is 0.316 e. The monoisotopic (exact) mass is 261 g/mol. The topological polar surface area (TPSA) is 12.0 Å². The van der Waals surface area contributed by atoms with Crippen LogP contribution < -0.4 is 5.32 Å². The van der Waals surface area contributed by atoms with Gasteiger partial charge in [0.15, 0.2) is 0 Å². The van der Waals surface area contributed by atoms with Crippen LogP contribution in [0.5, 0.6) is 0 Å². The molecular weight excluding hydrogens is 232 g/mol. The first-order valence-corrected chi connectivity index (χ1v) is 7.47. The lowest BCUT2D eigenvalue weighted by atomic mass is 9.82. The van der Waals surface area contributed by atoms with Crippen molar-refractivity contribution >= 4 is 0 Å². The first kappa shape index (κ1) is 15.9. The average Bonchev–Trinajstić information content (AvgIpc) is 2.24. The van der Waals surface area contributed by atoms with Gasteiger partial charge in [-0.05, 0) is 50.1 Å². The molecule has 1 aliphatic carbocycles. The molecule has 0 heterocycles. The summed E-state index contributed by atoms with van der Waals surface area (Å²) in [6, 6.07) is 0. The minimum atomic E-state index is -2.39. The Bertz CT molecular complexity index is 229. The fourth-order valence-corrected chi connectivity index (χ4v) is 2.76. The Kier molecular flexibility index (Phi) is 6.54. The van der Waals surface area contributed by atoms with Crippen LogP contribution in [0.15, 0.2) is 0 Å². The third kappa shape index (κ3) is 6.67. The molecule has 108 valence electrons. The van der Waals surface area contributed by atoms with E-state index in [1.165, 1.54) is 0 Å². The van der Waals surface area contributed by atoms with Gasteiger partial charge < -0.3 is 5.32 Å². The van der Waals surface area contributed by atoms with Crippen molar-refractivity contribution in [2.75, 3.05) is 13.1 Å². The Balaban J connectivity index is 2.12. The number of alkyl halides is 2. The highest BCUT2D eigenvalue weighted by atomic mass is 19.3. The molecule has 2 atom stereocenters. The van der Waals surface area contributed by atoms with Crippen LogP contribution in [0.4, 0.5) is 8.78 Å². The Morgan fingerprint density at radius 2 is 1.94 bits per heavy atom. The lowest BCUT2D eigenvalue weighted by molar-refractivity contribution is -0.0541. The normalized spacial score (nSPS) is 25.3. The summed E-state index contributed by atoms with van der Waals surface area (Å²) in [6.45, 7) is 8.67. The molecule has 0 aromatic rings. The molecule has 3 heteroatoms. The Morgan fingerprint density at radius 1 is 1.22 bits per heavy atom. The van der Waals surface area contributed by atoms with Gasteiger partial charge in [-0.1, -0.05) is 27.2 Å². The van der Waals surface area contributed by atoms with Crippen molar-refractivity contribution in [3.8, 4) is 0 Å². The third-order valence-electron chi connectivity index (χ3n) is 3.86. The molecule has 18 heavy (non-hydrogen) atoms. The SMILES string of the molecule is CC(C)CNCC(C)CCC1CCCC(F)(F)C1. The van der Waals surface area contributed by atoms with Gasteiger partial charge in [-0.15, -0.1) is 0 Å². The van der Waals surface area contributed by atoms with Crippen LogP contribution in [0.2, 0.25) is 0 Å². The summed E-state index contributed by atoms with van der Waals surface area (Å²) >= 11 is 0. The van der Waals surface area contributed by atoms with Crippen molar-refractivity contribution < 1.29 is 8.78 Å². The molecule has 1 saturated carbocycles. The van der Waals surface area contributed by atoms with E-state index in [2.05, 4.69) is 26.1 Å². The van der Waals surface area contributed by atoms with Gasteiger partial charge in [0.2, 0.25) is 5.92 Å². The molecule has 1 aliphatic rings. The number of nitrogens with one attached hydrogen (secondary N) is 1. The van der Waals surface area contributed by atoms with Crippen molar-refractivity contribution in [3.63, 3.8) is 0 Å². The smallest absolute Gasteiger partial charge is 0.248 e. The third-order valence-corrected chi connectivity index (χ3v) is 3.86. The minimum Gasteiger partial charge on any atom is -0.316 e. The fourth-order valence-electron chi connectivity index (χ4n) is 2.76. The van der Waals surface area contributed by atoms with Gasteiger partial charge in [0, 0.05) is 12.8 Å². The predicted molar refractivity (Wildman–Crippen MR) is 73.0 cm³/mol. The van der Waals surface area contributed by atoms with Crippen molar-refractivity contribution in [1.82, 2.24) is 5.32 Å². The van der Waals surface area contributed by atoms with Gasteiger partial charge in [-0.25, -0.2) is 8.78 Å². The zero-order valence-corrected chi connectivity index (χ0v) is 12.1. The van der Waals surface area contributed by atoms with Crippen molar-refractivity contribution in [2.24, 2.45) is 17.8 Å². The van der Waals surface area contributed by atoms with E-state index in [1.54, 1.807) is 0 Å². The predicted octanol–water partition coefficient (Wildman–Crippen LogP) is 4.47. The molecule has 0 aliphatic heterocycles. The number of hydrogen-bond donors (Lipinski definition) is 1. The summed E-state index contributed by atoms with van der Waals surface area (Å²) in [5.74, 6) is -0.864. The van der Waals surface area contributed by atoms with Crippen LogP contribution in [0, 0.1) is 17.8 Å². The lowest BCUT2D eigenvalue weighted by Crippen LogP contribution is -2.28. The summed E-state index contributed by atoms with van der Waals surface area (Å²) in [5, 5.41) is 3.44. The first-order chi connectivity index (χ1) is 8.39. The number of hydrogen-bond acceptors (Lipinski definition) is 1. The van der Waals surface area contributed by atoms with E-state index in [1.807, 2.05) is 0 Å². The Morgan fingerprint density at radius 3 is 2.56 bits per heavy atom. The molecule has 1 fully saturated rings. The summed E-state index contributed by atoms with van der Waals surface area (Å²) in [5.41, 5.74) is 0. The molecule has 0 aromatic carbocycles. The van der Waals surface area contributed by atoms with E-state index < -0.39 is 5.92 Å². The molecule has 2 unspecified atom stereocenters. The van der Waals surface area contributed by atoms with E-state index in [9.17, 15) is 8.78 Å². The number of halogens is 2. The first-order valence-electron chi connectivity index (χ1n) is 7.47. The van der Waals surface area contributed by atoms with Crippen LogP contribution in [0.1, 0.15) is 59.3 Å². The van der Waals surface area contributed by atoms with Gasteiger partial charge in [-0.2, -0.15) is 0 Å². The quantitative estimate of drug-likeness (QED) is 0.713. The van der Waals surface area contributed by atoms with Gasteiger partial charge in [-0.3, -0.25) is 0 Å². The zero-order chi connectivity index (χ0) is 13.6. The van der Waals surface area contributed by atoms with Crippen LogP contribution in [0.3, 0.4) is 0 Å². The van der Waals surface area contributed by atoms with Crippen LogP contribution >= 0.6 is 0 Å². The molecule has 1 rings (SSSR count). The van der Waals surface area contributed by atoms with Crippen LogP contribution in [-0.4, -0.2) is 19.0 Å². The van der Waals surface area contributed by atoms with E-state index in [-0.39, 0.29) is 18.8 Å². The van der Waals surface area contributed by atoms with Crippen molar-refractivity contribution in [1.29, 1.82) is 0 Å². The van der Waals surface area contributed by atoms with Gasteiger partial charge in [0.1, 0.15) is 0 Å². The zero-order valence-electron chi connectivity index (χ0n) is 12.1. The van der Waals surface area contributed by atoms with Gasteiger partial charge in [0.05, 0.1) is 0 Å². The highest BCUT2D eigenvalue weighted by molar-refractivity contribution is 4.78. The maximum absolute atomic E-state index is 13.3. The highest BCUT2D eigenvalue weighted by Crippen LogP contribution is 2.38. The summed E-state index contributed by atoms with van der Waals surface area (Å²) in [7, 11) is 0. The lowest BCUT2D eigenvalue weighted by Gasteiger charge is -2.29. The van der Waals surface area contributed by atoms with E-state index in [4.69, 9.17) is 0 Å². The summed E-state index contributed by atoms with van der Waals surface area (Å²) < 4.78 is 26.5. The maximum atomic E-state index is 13.3. The molecular formula is C15H29F2N. The van der Waals surface area contributed by atoms with E-state index in [0.717, 1.165) is 32.4 Å². The molecule has 0 aromatic heterocycles.